The van der Waals surface area contributed by atoms with Gasteiger partial charge in [-0.15, -0.1) is 11.6 Å². The molecule has 2 nitrogen and oxygen atoms in total. The maximum atomic E-state index is 12.0. The summed E-state index contributed by atoms with van der Waals surface area (Å²) in [5, 5.41) is 0. The number of hydrogen-bond acceptors (Lipinski definition) is 1. The van der Waals surface area contributed by atoms with Crippen LogP contribution in [0.15, 0.2) is 30.3 Å². The Balaban J connectivity index is 2.56. The Bertz CT molecular complexity index is 326. The SMILES string of the molecule is CCCCC(=O)N(CCCl)Cc1ccccc1. The molecular formula is C14H20ClNO. The van der Waals surface area contributed by atoms with Crippen LogP contribution in [-0.2, 0) is 11.3 Å². The molecule has 1 aromatic carbocycles. The highest BCUT2D eigenvalue weighted by Gasteiger charge is 2.12. The predicted octanol–water partition coefficient (Wildman–Crippen LogP) is 3.44. The Labute approximate surface area is 109 Å². The number of nitrogens with zero attached hydrogens (tertiary/aromatic N) is 1. The van der Waals surface area contributed by atoms with Gasteiger partial charge in [0.25, 0.3) is 0 Å². The van der Waals surface area contributed by atoms with Crippen molar-refractivity contribution < 1.29 is 4.79 Å². The average Bonchev–Trinajstić information content (AvgIpc) is 2.36. The van der Waals surface area contributed by atoms with Crippen molar-refractivity contribution in [2.75, 3.05) is 12.4 Å². The minimum absolute atomic E-state index is 0.205. The number of halogens is 1. The normalized spacial score (nSPS) is 10.2. The van der Waals surface area contributed by atoms with Crippen LogP contribution in [-0.4, -0.2) is 23.2 Å². The van der Waals surface area contributed by atoms with Crippen LogP contribution in [0.25, 0.3) is 0 Å². The van der Waals surface area contributed by atoms with Gasteiger partial charge in [-0.25, -0.2) is 0 Å². The fourth-order valence-electron chi connectivity index (χ4n) is 1.68. The second-order valence-electron chi connectivity index (χ2n) is 4.09. The molecule has 0 heterocycles. The molecule has 1 amide bonds. The number of hydrogen-bond donors (Lipinski definition) is 0. The van der Waals surface area contributed by atoms with Gasteiger partial charge >= 0.3 is 0 Å². The van der Waals surface area contributed by atoms with Crippen LogP contribution in [0.5, 0.6) is 0 Å². The lowest BCUT2D eigenvalue weighted by Crippen LogP contribution is -2.32. The largest absolute Gasteiger partial charge is 0.337 e. The quantitative estimate of drug-likeness (QED) is 0.682. The van der Waals surface area contributed by atoms with E-state index in [4.69, 9.17) is 11.6 Å². The van der Waals surface area contributed by atoms with Gasteiger partial charge in [-0.3, -0.25) is 4.79 Å². The van der Waals surface area contributed by atoms with Gasteiger partial charge in [0, 0.05) is 25.4 Å². The Morgan fingerprint density at radius 3 is 2.59 bits per heavy atom. The van der Waals surface area contributed by atoms with Crippen LogP contribution < -0.4 is 0 Å². The summed E-state index contributed by atoms with van der Waals surface area (Å²) in [5.74, 6) is 0.696. The van der Waals surface area contributed by atoms with E-state index in [0.29, 0.717) is 25.4 Å². The van der Waals surface area contributed by atoms with Crippen LogP contribution >= 0.6 is 11.6 Å². The lowest BCUT2D eigenvalue weighted by molar-refractivity contribution is -0.131. The maximum absolute atomic E-state index is 12.0. The first-order valence-electron chi connectivity index (χ1n) is 6.15. The van der Waals surface area contributed by atoms with Crippen molar-refractivity contribution in [1.82, 2.24) is 4.90 Å². The third-order valence-corrected chi connectivity index (χ3v) is 2.84. The molecule has 0 aliphatic carbocycles. The highest BCUT2D eigenvalue weighted by Crippen LogP contribution is 2.08. The summed E-state index contributed by atoms with van der Waals surface area (Å²) in [6.45, 7) is 3.38. The monoisotopic (exact) mass is 253 g/mol. The molecule has 17 heavy (non-hydrogen) atoms. The Morgan fingerprint density at radius 1 is 1.29 bits per heavy atom. The van der Waals surface area contributed by atoms with E-state index in [-0.39, 0.29) is 5.91 Å². The Morgan fingerprint density at radius 2 is 2.00 bits per heavy atom. The number of carbonyl (C=O) groups is 1. The van der Waals surface area contributed by atoms with Crippen molar-refractivity contribution in [1.29, 1.82) is 0 Å². The Hall–Kier alpha value is -1.02. The van der Waals surface area contributed by atoms with Gasteiger partial charge in [0.05, 0.1) is 0 Å². The van der Waals surface area contributed by atoms with Gasteiger partial charge in [-0.1, -0.05) is 43.7 Å². The zero-order chi connectivity index (χ0) is 12.5. The van der Waals surface area contributed by atoms with Gasteiger partial charge < -0.3 is 4.90 Å². The van der Waals surface area contributed by atoms with Crippen molar-refractivity contribution in [3.63, 3.8) is 0 Å². The molecule has 1 rings (SSSR count). The van der Waals surface area contributed by atoms with E-state index >= 15 is 0 Å². The smallest absolute Gasteiger partial charge is 0.222 e. The molecule has 0 N–H and O–H groups in total. The van der Waals surface area contributed by atoms with Crippen LogP contribution in [0.4, 0.5) is 0 Å². The van der Waals surface area contributed by atoms with Gasteiger partial charge in [-0.2, -0.15) is 0 Å². The number of amides is 1. The highest BCUT2D eigenvalue weighted by atomic mass is 35.5. The fraction of sp³-hybridized carbons (Fsp3) is 0.500. The van der Waals surface area contributed by atoms with Gasteiger partial charge in [0.1, 0.15) is 0 Å². The van der Waals surface area contributed by atoms with Crippen molar-refractivity contribution >= 4 is 17.5 Å². The summed E-state index contributed by atoms with van der Waals surface area (Å²) < 4.78 is 0. The summed E-state index contributed by atoms with van der Waals surface area (Å²) in [7, 11) is 0. The van der Waals surface area contributed by atoms with Crippen LogP contribution in [0.3, 0.4) is 0 Å². The zero-order valence-corrected chi connectivity index (χ0v) is 11.1. The number of benzene rings is 1. The number of rotatable bonds is 7. The second kappa shape index (κ2) is 8.13. The first-order chi connectivity index (χ1) is 8.27. The molecule has 0 aliphatic rings. The second-order valence-corrected chi connectivity index (χ2v) is 4.47. The van der Waals surface area contributed by atoms with E-state index in [2.05, 4.69) is 6.92 Å². The average molecular weight is 254 g/mol. The van der Waals surface area contributed by atoms with Gasteiger partial charge in [0.15, 0.2) is 0 Å². The minimum atomic E-state index is 0.205. The summed E-state index contributed by atoms with van der Waals surface area (Å²) >= 11 is 5.75. The third-order valence-electron chi connectivity index (χ3n) is 2.67. The summed E-state index contributed by atoms with van der Waals surface area (Å²) in [6, 6.07) is 10.0. The molecule has 94 valence electrons. The number of alkyl halides is 1. The summed E-state index contributed by atoms with van der Waals surface area (Å²) in [5.41, 5.74) is 1.16. The van der Waals surface area contributed by atoms with Gasteiger partial charge in [0.2, 0.25) is 5.91 Å². The van der Waals surface area contributed by atoms with E-state index in [1.54, 1.807) is 0 Å². The zero-order valence-electron chi connectivity index (χ0n) is 10.4. The van der Waals surface area contributed by atoms with Crippen molar-refractivity contribution in [3.05, 3.63) is 35.9 Å². The topological polar surface area (TPSA) is 20.3 Å². The number of carbonyl (C=O) groups excluding carboxylic acids is 1. The van der Waals surface area contributed by atoms with Crippen LogP contribution in [0, 0.1) is 0 Å². The summed E-state index contributed by atoms with van der Waals surface area (Å²) in [6.07, 6.45) is 2.62. The molecule has 3 heteroatoms. The molecule has 0 saturated heterocycles. The fourth-order valence-corrected chi connectivity index (χ4v) is 1.89. The molecule has 0 spiro atoms. The van der Waals surface area contributed by atoms with E-state index in [0.717, 1.165) is 18.4 Å². The summed E-state index contributed by atoms with van der Waals surface area (Å²) in [4.78, 5) is 13.8. The molecule has 0 saturated carbocycles. The molecule has 0 unspecified atom stereocenters. The molecule has 0 radical (unpaired) electrons. The molecule has 1 aromatic rings. The standard InChI is InChI=1S/C14H20ClNO/c1-2-3-9-14(17)16(11-10-15)12-13-7-5-4-6-8-13/h4-8H,2-3,9-12H2,1H3. The van der Waals surface area contributed by atoms with Crippen molar-refractivity contribution in [3.8, 4) is 0 Å². The molecule has 0 fully saturated rings. The predicted molar refractivity (Wildman–Crippen MR) is 72.1 cm³/mol. The maximum Gasteiger partial charge on any atom is 0.222 e. The van der Waals surface area contributed by atoms with Crippen LogP contribution in [0.1, 0.15) is 31.7 Å². The number of unbranched alkanes of at least 4 members (excludes halogenated alkanes) is 1. The van der Waals surface area contributed by atoms with E-state index < -0.39 is 0 Å². The van der Waals surface area contributed by atoms with E-state index in [1.165, 1.54) is 0 Å². The molecule has 0 aromatic heterocycles. The molecule has 0 bridgehead atoms. The first kappa shape index (κ1) is 14.0. The van der Waals surface area contributed by atoms with Gasteiger partial charge in [-0.05, 0) is 12.0 Å². The molecule has 0 aliphatic heterocycles. The minimum Gasteiger partial charge on any atom is -0.337 e. The Kier molecular flexibility index (Phi) is 6.71. The lowest BCUT2D eigenvalue weighted by atomic mass is 10.2. The molecular weight excluding hydrogens is 234 g/mol. The van der Waals surface area contributed by atoms with E-state index in [1.807, 2.05) is 35.2 Å². The van der Waals surface area contributed by atoms with Crippen molar-refractivity contribution in [2.45, 2.75) is 32.7 Å². The third kappa shape index (κ3) is 5.22. The van der Waals surface area contributed by atoms with Crippen molar-refractivity contribution in [2.24, 2.45) is 0 Å². The van der Waals surface area contributed by atoms with Crippen LogP contribution in [0.2, 0.25) is 0 Å². The van der Waals surface area contributed by atoms with E-state index in [9.17, 15) is 4.79 Å². The highest BCUT2D eigenvalue weighted by molar-refractivity contribution is 6.18. The molecule has 0 atom stereocenters. The first-order valence-corrected chi connectivity index (χ1v) is 6.69. The lowest BCUT2D eigenvalue weighted by Gasteiger charge is -2.21.